The van der Waals surface area contributed by atoms with Crippen LogP contribution in [-0.4, -0.2) is 6.61 Å². The maximum atomic E-state index is 14.9. The van der Waals surface area contributed by atoms with Gasteiger partial charge in [0, 0.05) is 16.7 Å². The molecule has 0 unspecified atom stereocenters. The molecule has 174 valence electrons. The van der Waals surface area contributed by atoms with Gasteiger partial charge in [-0.25, -0.2) is 13.2 Å². The fourth-order valence-corrected chi connectivity index (χ4v) is 3.57. The largest absolute Gasteiger partial charge is 0.491 e. The van der Waals surface area contributed by atoms with E-state index in [-0.39, 0.29) is 35.7 Å². The quantitative estimate of drug-likeness (QED) is 0.258. The highest BCUT2D eigenvalue weighted by Gasteiger charge is 2.17. The fraction of sp³-hybridized carbons (Fsp3) is 0.143. The number of ether oxygens (including phenoxy) is 2. The molecule has 0 amide bonds. The van der Waals surface area contributed by atoms with Crippen molar-refractivity contribution < 1.29 is 27.0 Å². The van der Waals surface area contributed by atoms with Crippen molar-refractivity contribution in [2.75, 3.05) is 6.61 Å². The summed E-state index contributed by atoms with van der Waals surface area (Å²) >= 11 is 0. The Morgan fingerprint density at radius 3 is 1.71 bits per heavy atom. The topological polar surface area (TPSA) is 18.5 Å². The molecular weight excluding hydrogens is 444 g/mol. The third-order valence-electron chi connectivity index (χ3n) is 5.43. The third kappa shape index (κ3) is 4.76. The molecule has 0 aliphatic rings. The van der Waals surface area contributed by atoms with E-state index in [2.05, 4.69) is 0 Å². The lowest BCUT2D eigenvalue weighted by Crippen LogP contribution is -2.03. The molecule has 0 heterocycles. The van der Waals surface area contributed by atoms with E-state index < -0.39 is 23.3 Å². The molecule has 4 aromatic rings. The normalized spacial score (nSPS) is 10.9. The van der Waals surface area contributed by atoms with Crippen molar-refractivity contribution in [3.63, 3.8) is 0 Å². The molecule has 0 aliphatic heterocycles. The van der Waals surface area contributed by atoms with Crippen LogP contribution in [0.1, 0.15) is 18.1 Å². The van der Waals surface area contributed by atoms with Gasteiger partial charge in [-0.05, 0) is 49.2 Å². The zero-order valence-corrected chi connectivity index (χ0v) is 18.7. The van der Waals surface area contributed by atoms with E-state index in [4.69, 9.17) is 9.47 Å². The molecule has 0 bridgehead atoms. The van der Waals surface area contributed by atoms with E-state index in [1.807, 2.05) is 19.1 Å². The Labute approximate surface area is 195 Å². The van der Waals surface area contributed by atoms with Crippen LogP contribution in [0.2, 0.25) is 0 Å². The first-order valence-electron chi connectivity index (χ1n) is 10.8. The van der Waals surface area contributed by atoms with Crippen molar-refractivity contribution in [1.29, 1.82) is 0 Å². The molecule has 0 saturated heterocycles. The highest BCUT2D eigenvalue weighted by Crippen LogP contribution is 2.32. The molecule has 2 nitrogen and oxygen atoms in total. The van der Waals surface area contributed by atoms with Crippen molar-refractivity contribution in [3.8, 4) is 33.8 Å². The van der Waals surface area contributed by atoms with E-state index in [1.165, 1.54) is 18.2 Å². The van der Waals surface area contributed by atoms with E-state index in [1.54, 1.807) is 49.4 Å². The summed E-state index contributed by atoms with van der Waals surface area (Å²) < 4.78 is 68.5. The first-order valence-corrected chi connectivity index (χ1v) is 10.8. The van der Waals surface area contributed by atoms with Crippen molar-refractivity contribution in [3.05, 3.63) is 107 Å². The molecule has 0 aliphatic carbocycles. The number of benzene rings is 4. The molecule has 0 radical (unpaired) electrons. The minimum Gasteiger partial charge on any atom is -0.491 e. The summed E-state index contributed by atoms with van der Waals surface area (Å²) in [6.45, 7) is 3.61. The van der Waals surface area contributed by atoms with Crippen LogP contribution in [0.5, 0.6) is 11.5 Å². The predicted octanol–water partition coefficient (Wildman–Crippen LogP) is 7.86. The maximum absolute atomic E-state index is 14.9. The van der Waals surface area contributed by atoms with Crippen molar-refractivity contribution in [1.82, 2.24) is 0 Å². The number of rotatable bonds is 7. The van der Waals surface area contributed by atoms with Gasteiger partial charge >= 0.3 is 0 Å². The summed E-state index contributed by atoms with van der Waals surface area (Å²) in [4.78, 5) is 0. The second kappa shape index (κ2) is 10.00. The summed E-state index contributed by atoms with van der Waals surface area (Å²) in [7, 11) is 0. The van der Waals surface area contributed by atoms with Crippen molar-refractivity contribution in [2.45, 2.75) is 20.5 Å². The molecular formula is C28H22F4O2. The van der Waals surface area contributed by atoms with Crippen molar-refractivity contribution >= 4 is 0 Å². The lowest BCUT2D eigenvalue weighted by Gasteiger charge is -2.12. The highest BCUT2D eigenvalue weighted by molar-refractivity contribution is 5.72. The van der Waals surface area contributed by atoms with Crippen LogP contribution in [0, 0.1) is 30.2 Å². The van der Waals surface area contributed by atoms with Gasteiger partial charge in [-0.1, -0.05) is 54.1 Å². The van der Waals surface area contributed by atoms with Gasteiger partial charge in [0.1, 0.15) is 12.4 Å². The van der Waals surface area contributed by atoms with E-state index >= 15 is 0 Å². The predicted molar refractivity (Wildman–Crippen MR) is 124 cm³/mol. The minimum absolute atomic E-state index is 0.0323. The van der Waals surface area contributed by atoms with Gasteiger partial charge in [-0.15, -0.1) is 0 Å². The summed E-state index contributed by atoms with van der Waals surface area (Å²) in [5, 5.41) is 0. The van der Waals surface area contributed by atoms with Crippen LogP contribution in [-0.2, 0) is 6.61 Å². The van der Waals surface area contributed by atoms with Crippen LogP contribution in [0.15, 0.2) is 72.8 Å². The lowest BCUT2D eigenvalue weighted by atomic mass is 9.98. The molecule has 0 saturated carbocycles. The number of hydrogen-bond donors (Lipinski definition) is 0. The molecule has 0 aromatic heterocycles. The molecule has 4 aromatic carbocycles. The Bertz CT molecular complexity index is 1300. The maximum Gasteiger partial charge on any atom is 0.201 e. The average Bonchev–Trinajstić information content (AvgIpc) is 2.84. The summed E-state index contributed by atoms with van der Waals surface area (Å²) in [6.07, 6.45) is 0. The van der Waals surface area contributed by atoms with Gasteiger partial charge in [-0.3, -0.25) is 0 Å². The number of halogens is 4. The Morgan fingerprint density at radius 1 is 0.588 bits per heavy atom. The van der Waals surface area contributed by atoms with Crippen LogP contribution >= 0.6 is 0 Å². The summed E-state index contributed by atoms with van der Waals surface area (Å²) in [5.41, 5.74) is 2.40. The molecule has 0 atom stereocenters. The Morgan fingerprint density at radius 2 is 1.15 bits per heavy atom. The van der Waals surface area contributed by atoms with Crippen LogP contribution in [0.25, 0.3) is 22.3 Å². The van der Waals surface area contributed by atoms with E-state index in [0.717, 1.165) is 5.56 Å². The Hall–Kier alpha value is -3.80. The molecule has 4 rings (SSSR count). The second-order valence-electron chi connectivity index (χ2n) is 7.75. The molecule has 0 N–H and O–H groups in total. The molecule has 0 spiro atoms. The van der Waals surface area contributed by atoms with Gasteiger partial charge in [0.05, 0.1) is 6.61 Å². The smallest absolute Gasteiger partial charge is 0.201 e. The van der Waals surface area contributed by atoms with Gasteiger partial charge in [0.2, 0.25) is 5.82 Å². The molecule has 6 heteroatoms. The van der Waals surface area contributed by atoms with Crippen LogP contribution in [0.3, 0.4) is 0 Å². The zero-order chi connectivity index (χ0) is 24.2. The first kappa shape index (κ1) is 23.4. The number of hydrogen-bond acceptors (Lipinski definition) is 2. The van der Waals surface area contributed by atoms with E-state index in [0.29, 0.717) is 16.9 Å². The van der Waals surface area contributed by atoms with Crippen LogP contribution in [0.4, 0.5) is 17.6 Å². The SMILES string of the molecule is CCOc1ccc(COc2ccc(-c3ccc(-c4ccc(C)cc4)c(F)c3F)cc2)c(F)c1F. The Kier molecular flexibility index (Phi) is 6.87. The molecule has 34 heavy (non-hydrogen) atoms. The lowest BCUT2D eigenvalue weighted by molar-refractivity contribution is 0.289. The average molecular weight is 466 g/mol. The standard InChI is InChI=1S/C28H22F4O2/c1-3-33-24-15-10-20(25(29)28(24)32)16-34-21-11-8-19(9-12-21)23-14-13-22(26(30)27(23)31)18-6-4-17(2)5-7-18/h4-15H,3,16H2,1-2H3. The van der Waals surface area contributed by atoms with Gasteiger partial charge < -0.3 is 9.47 Å². The molecule has 0 fully saturated rings. The Balaban J connectivity index is 1.50. The minimum atomic E-state index is -1.06. The number of aryl methyl sites for hydroxylation is 1. The zero-order valence-electron chi connectivity index (χ0n) is 18.7. The van der Waals surface area contributed by atoms with Crippen molar-refractivity contribution in [2.24, 2.45) is 0 Å². The van der Waals surface area contributed by atoms with Gasteiger partial charge in [0.25, 0.3) is 0 Å². The van der Waals surface area contributed by atoms with E-state index in [9.17, 15) is 17.6 Å². The van der Waals surface area contributed by atoms with Gasteiger partial charge in [0.15, 0.2) is 23.2 Å². The summed E-state index contributed by atoms with van der Waals surface area (Å²) in [6, 6.07) is 19.3. The highest BCUT2D eigenvalue weighted by atomic mass is 19.2. The summed E-state index contributed by atoms with van der Waals surface area (Å²) in [5.74, 6) is -3.75. The fourth-order valence-electron chi connectivity index (χ4n) is 3.57. The first-order chi connectivity index (χ1) is 16.4. The second-order valence-corrected chi connectivity index (χ2v) is 7.75. The van der Waals surface area contributed by atoms with Gasteiger partial charge in [-0.2, -0.15) is 4.39 Å². The third-order valence-corrected chi connectivity index (χ3v) is 5.43. The monoisotopic (exact) mass is 466 g/mol. The van der Waals surface area contributed by atoms with Crippen LogP contribution < -0.4 is 9.47 Å².